The van der Waals surface area contributed by atoms with E-state index in [1.807, 2.05) is 18.7 Å². The number of benzene rings is 1. The van der Waals surface area contributed by atoms with Gasteiger partial charge in [-0.2, -0.15) is 13.2 Å². The molecule has 1 fully saturated rings. The van der Waals surface area contributed by atoms with Crippen LogP contribution in [-0.4, -0.2) is 30.2 Å². The van der Waals surface area contributed by atoms with Crippen LogP contribution in [0, 0.1) is 0 Å². The van der Waals surface area contributed by atoms with Gasteiger partial charge in [0.2, 0.25) is 0 Å². The Labute approximate surface area is 116 Å². The molecule has 0 bridgehead atoms. The lowest BCUT2D eigenvalue weighted by Gasteiger charge is -2.37. The molecule has 6 heteroatoms. The molecular formula is C14H19F3N2O. The third kappa shape index (κ3) is 3.43. The number of alkyl halides is 3. The zero-order valence-electron chi connectivity index (χ0n) is 11.6. The highest BCUT2D eigenvalue weighted by atomic mass is 19.4. The number of hydrogen-bond donors (Lipinski definition) is 1. The quantitative estimate of drug-likeness (QED) is 0.850. The van der Waals surface area contributed by atoms with E-state index in [4.69, 9.17) is 10.5 Å². The second kappa shape index (κ2) is 5.61. The molecule has 0 spiro atoms. The van der Waals surface area contributed by atoms with Crippen LogP contribution in [0.15, 0.2) is 18.2 Å². The van der Waals surface area contributed by atoms with Crippen LogP contribution in [0.1, 0.15) is 25.0 Å². The predicted octanol–water partition coefficient (Wildman–Crippen LogP) is 2.90. The summed E-state index contributed by atoms with van der Waals surface area (Å²) in [5, 5.41) is 0. The van der Waals surface area contributed by atoms with Crippen LogP contribution in [0.25, 0.3) is 0 Å². The topological polar surface area (TPSA) is 38.5 Å². The molecule has 2 unspecified atom stereocenters. The summed E-state index contributed by atoms with van der Waals surface area (Å²) in [4.78, 5) is 2.01. The number of hydrogen-bond acceptors (Lipinski definition) is 3. The van der Waals surface area contributed by atoms with Crippen molar-refractivity contribution in [2.24, 2.45) is 0 Å². The fourth-order valence-corrected chi connectivity index (χ4v) is 2.41. The van der Waals surface area contributed by atoms with Crippen molar-refractivity contribution >= 4 is 5.69 Å². The Bertz CT molecular complexity index is 476. The maximum absolute atomic E-state index is 13.1. The predicted molar refractivity (Wildman–Crippen MR) is 71.1 cm³/mol. The molecule has 112 valence electrons. The fraction of sp³-hybridized carbons (Fsp3) is 0.571. The third-order valence-electron chi connectivity index (χ3n) is 3.55. The van der Waals surface area contributed by atoms with E-state index >= 15 is 0 Å². The number of nitrogen functional groups attached to an aromatic ring is 1. The zero-order valence-corrected chi connectivity index (χ0v) is 11.6. The first-order valence-electron chi connectivity index (χ1n) is 6.58. The number of anilines is 1. The van der Waals surface area contributed by atoms with E-state index in [9.17, 15) is 13.2 Å². The van der Waals surface area contributed by atoms with Crippen molar-refractivity contribution in [2.75, 3.05) is 18.9 Å². The molecule has 0 aromatic heterocycles. The van der Waals surface area contributed by atoms with Crippen molar-refractivity contribution < 1.29 is 17.9 Å². The minimum absolute atomic E-state index is 0.0364. The molecule has 1 heterocycles. The van der Waals surface area contributed by atoms with Crippen LogP contribution >= 0.6 is 0 Å². The van der Waals surface area contributed by atoms with E-state index in [-0.39, 0.29) is 29.9 Å². The third-order valence-corrected chi connectivity index (χ3v) is 3.55. The second-order valence-electron chi connectivity index (χ2n) is 5.34. The Kier molecular flexibility index (Phi) is 4.25. The van der Waals surface area contributed by atoms with Gasteiger partial charge in [-0.3, -0.25) is 4.90 Å². The van der Waals surface area contributed by atoms with Crippen molar-refractivity contribution in [1.29, 1.82) is 0 Å². The summed E-state index contributed by atoms with van der Waals surface area (Å²) in [5.41, 5.74) is 5.21. The van der Waals surface area contributed by atoms with Crippen molar-refractivity contribution in [3.8, 4) is 0 Å². The van der Waals surface area contributed by atoms with Gasteiger partial charge in [-0.25, -0.2) is 0 Å². The first-order chi connectivity index (χ1) is 9.27. The van der Waals surface area contributed by atoms with Gasteiger partial charge in [0.15, 0.2) is 0 Å². The molecule has 2 atom stereocenters. The standard InChI is InChI=1S/C14H19F3N2O/c1-9-8-20-10(2)6-19(9)7-11-3-4-12(18)5-13(11)14(15,16)17/h3-5,9-10H,6-8,18H2,1-2H3. The Hall–Kier alpha value is -1.27. The van der Waals surface area contributed by atoms with Crippen LogP contribution in [-0.2, 0) is 17.5 Å². The average Bonchev–Trinajstić information content (AvgIpc) is 2.34. The summed E-state index contributed by atoms with van der Waals surface area (Å²) in [7, 11) is 0. The maximum atomic E-state index is 13.1. The van der Waals surface area contributed by atoms with Crippen molar-refractivity contribution in [3.63, 3.8) is 0 Å². The van der Waals surface area contributed by atoms with E-state index in [2.05, 4.69) is 0 Å². The lowest BCUT2D eigenvalue weighted by Crippen LogP contribution is -2.46. The minimum atomic E-state index is -4.38. The van der Waals surface area contributed by atoms with Crippen LogP contribution in [0.3, 0.4) is 0 Å². The number of ether oxygens (including phenoxy) is 1. The Balaban J connectivity index is 2.24. The smallest absolute Gasteiger partial charge is 0.399 e. The van der Waals surface area contributed by atoms with E-state index in [1.54, 1.807) is 0 Å². The average molecular weight is 288 g/mol. The van der Waals surface area contributed by atoms with Gasteiger partial charge in [-0.1, -0.05) is 6.07 Å². The second-order valence-corrected chi connectivity index (χ2v) is 5.34. The largest absolute Gasteiger partial charge is 0.416 e. The first kappa shape index (κ1) is 15.1. The Morgan fingerprint density at radius 2 is 2.05 bits per heavy atom. The molecule has 1 saturated heterocycles. The van der Waals surface area contributed by atoms with E-state index < -0.39 is 11.7 Å². The maximum Gasteiger partial charge on any atom is 0.416 e. The van der Waals surface area contributed by atoms with Crippen LogP contribution in [0.5, 0.6) is 0 Å². The molecule has 0 saturated carbocycles. The summed E-state index contributed by atoms with van der Waals surface area (Å²) < 4.78 is 44.7. The molecule has 1 aliphatic heterocycles. The molecule has 1 aliphatic rings. The molecule has 2 rings (SSSR count). The van der Waals surface area contributed by atoms with E-state index in [0.29, 0.717) is 13.2 Å². The summed E-state index contributed by atoms with van der Waals surface area (Å²) in [6.07, 6.45) is -4.35. The van der Waals surface area contributed by atoms with E-state index in [0.717, 1.165) is 6.07 Å². The van der Waals surface area contributed by atoms with Gasteiger partial charge in [-0.15, -0.1) is 0 Å². The highest BCUT2D eigenvalue weighted by Gasteiger charge is 2.34. The Morgan fingerprint density at radius 1 is 1.35 bits per heavy atom. The molecule has 2 N–H and O–H groups in total. The van der Waals surface area contributed by atoms with Gasteiger partial charge in [0, 0.05) is 24.8 Å². The number of morpholine rings is 1. The van der Waals surface area contributed by atoms with Gasteiger partial charge in [0.25, 0.3) is 0 Å². The van der Waals surface area contributed by atoms with Crippen LogP contribution in [0.2, 0.25) is 0 Å². The van der Waals surface area contributed by atoms with Crippen LogP contribution < -0.4 is 5.73 Å². The van der Waals surface area contributed by atoms with Gasteiger partial charge in [-0.05, 0) is 31.5 Å². The molecule has 20 heavy (non-hydrogen) atoms. The van der Waals surface area contributed by atoms with Crippen molar-refractivity contribution in [3.05, 3.63) is 29.3 Å². The SMILES string of the molecule is CC1CN(Cc2ccc(N)cc2C(F)(F)F)C(C)CO1. The highest BCUT2D eigenvalue weighted by Crippen LogP contribution is 2.34. The summed E-state index contributed by atoms with van der Waals surface area (Å²) in [6, 6.07) is 4.08. The monoisotopic (exact) mass is 288 g/mol. The van der Waals surface area contributed by atoms with E-state index in [1.165, 1.54) is 12.1 Å². The Morgan fingerprint density at radius 3 is 2.70 bits per heavy atom. The summed E-state index contributed by atoms with van der Waals surface area (Å²) in [6.45, 7) is 5.30. The van der Waals surface area contributed by atoms with Gasteiger partial charge in [0.05, 0.1) is 18.3 Å². The molecule has 3 nitrogen and oxygen atoms in total. The molecule has 0 aliphatic carbocycles. The van der Waals surface area contributed by atoms with Crippen LogP contribution in [0.4, 0.5) is 18.9 Å². The number of nitrogens with two attached hydrogens (primary N) is 1. The lowest BCUT2D eigenvalue weighted by molar-refractivity contribution is -0.138. The van der Waals surface area contributed by atoms with Gasteiger partial charge < -0.3 is 10.5 Å². The normalized spacial score (nSPS) is 24.9. The molecule has 0 radical (unpaired) electrons. The van der Waals surface area contributed by atoms with Crippen molar-refractivity contribution in [2.45, 2.75) is 38.7 Å². The van der Waals surface area contributed by atoms with Crippen molar-refractivity contribution in [1.82, 2.24) is 4.90 Å². The molecule has 1 aromatic carbocycles. The number of rotatable bonds is 2. The zero-order chi connectivity index (χ0) is 14.9. The minimum Gasteiger partial charge on any atom is -0.399 e. The summed E-state index contributed by atoms with van der Waals surface area (Å²) in [5.74, 6) is 0. The fourth-order valence-electron chi connectivity index (χ4n) is 2.41. The lowest BCUT2D eigenvalue weighted by atomic mass is 10.0. The molecule has 1 aromatic rings. The molecule has 0 amide bonds. The first-order valence-corrected chi connectivity index (χ1v) is 6.58. The molecular weight excluding hydrogens is 269 g/mol. The number of nitrogens with zero attached hydrogens (tertiary/aromatic N) is 1. The summed E-state index contributed by atoms with van der Waals surface area (Å²) >= 11 is 0. The van der Waals surface area contributed by atoms with Gasteiger partial charge in [0.1, 0.15) is 0 Å². The van der Waals surface area contributed by atoms with Gasteiger partial charge >= 0.3 is 6.18 Å². The highest BCUT2D eigenvalue weighted by molar-refractivity contribution is 5.46. The number of halogens is 3.